The number of fused-ring (bicyclic) bond motifs is 2. The Morgan fingerprint density at radius 1 is 0.211 bits per heavy atom. The summed E-state index contributed by atoms with van der Waals surface area (Å²) in [6, 6.07) is 85.8. The highest BCUT2D eigenvalue weighted by Crippen LogP contribution is 2.45. The number of benzene rings is 10. The highest BCUT2D eigenvalue weighted by atomic mass is 15.1. The van der Waals surface area contributed by atoms with Gasteiger partial charge in [0, 0.05) is 17.1 Å². The van der Waals surface area contributed by atoms with Crippen LogP contribution in [0, 0.1) is 0 Å². The smallest absolute Gasteiger partial charge is 0.0468 e. The van der Waals surface area contributed by atoms with Gasteiger partial charge < -0.3 is 4.90 Å². The van der Waals surface area contributed by atoms with Gasteiger partial charge in [-0.2, -0.15) is 0 Å². The van der Waals surface area contributed by atoms with Crippen molar-refractivity contribution in [2.45, 2.75) is 0 Å². The molecule has 0 aliphatic carbocycles. The number of hydrogen-bond acceptors (Lipinski definition) is 1. The maximum Gasteiger partial charge on any atom is 0.0468 e. The first-order valence-corrected chi connectivity index (χ1v) is 19.6. The van der Waals surface area contributed by atoms with Crippen LogP contribution in [0.3, 0.4) is 0 Å². The first-order chi connectivity index (χ1) is 28.3. The van der Waals surface area contributed by atoms with Crippen LogP contribution in [0.5, 0.6) is 0 Å². The van der Waals surface area contributed by atoms with Gasteiger partial charge in [0.2, 0.25) is 0 Å². The van der Waals surface area contributed by atoms with E-state index in [4.69, 9.17) is 0 Å². The van der Waals surface area contributed by atoms with Crippen molar-refractivity contribution in [2.24, 2.45) is 0 Å². The average molecular weight is 726 g/mol. The highest BCUT2D eigenvalue weighted by molar-refractivity contribution is 6.03. The number of nitrogens with zero attached hydrogens (tertiary/aromatic N) is 1. The molecule has 0 spiro atoms. The van der Waals surface area contributed by atoms with Crippen LogP contribution in [0.25, 0.3) is 77.2 Å². The lowest BCUT2D eigenvalue weighted by Gasteiger charge is -2.28. The summed E-state index contributed by atoms with van der Waals surface area (Å²) in [5.74, 6) is 0. The first kappa shape index (κ1) is 34.0. The number of anilines is 3. The molecular weight excluding hydrogens is 687 g/mol. The van der Waals surface area contributed by atoms with E-state index in [1.807, 2.05) is 0 Å². The largest absolute Gasteiger partial charge is 0.310 e. The van der Waals surface area contributed by atoms with E-state index in [-0.39, 0.29) is 0 Å². The normalized spacial score (nSPS) is 11.2. The van der Waals surface area contributed by atoms with Gasteiger partial charge in [0.15, 0.2) is 0 Å². The number of hydrogen-bond donors (Lipinski definition) is 0. The average Bonchev–Trinajstić information content (AvgIpc) is 3.30. The van der Waals surface area contributed by atoms with Crippen LogP contribution in [-0.4, -0.2) is 0 Å². The molecule has 0 atom stereocenters. The molecule has 1 nitrogen and oxygen atoms in total. The Labute approximate surface area is 334 Å². The van der Waals surface area contributed by atoms with Crippen LogP contribution in [0.4, 0.5) is 17.1 Å². The maximum atomic E-state index is 2.42. The van der Waals surface area contributed by atoms with Crippen LogP contribution in [0.2, 0.25) is 0 Å². The maximum absolute atomic E-state index is 2.42. The molecule has 0 radical (unpaired) electrons. The van der Waals surface area contributed by atoms with Crippen molar-refractivity contribution in [2.75, 3.05) is 4.90 Å². The highest BCUT2D eigenvalue weighted by Gasteiger charge is 2.20. The van der Waals surface area contributed by atoms with E-state index in [0.29, 0.717) is 0 Å². The Hall–Kier alpha value is -7.48. The molecule has 268 valence electrons. The summed E-state index contributed by atoms with van der Waals surface area (Å²) in [5, 5.41) is 4.92. The molecule has 0 saturated heterocycles. The minimum absolute atomic E-state index is 1.08. The van der Waals surface area contributed by atoms with Crippen molar-refractivity contribution in [1.82, 2.24) is 0 Å². The van der Waals surface area contributed by atoms with Crippen molar-refractivity contribution in [1.29, 1.82) is 0 Å². The molecular formula is C56H39N. The molecule has 10 aromatic rings. The topological polar surface area (TPSA) is 3.24 Å². The predicted octanol–water partition coefficient (Wildman–Crippen LogP) is 15.8. The van der Waals surface area contributed by atoms with Crippen LogP contribution in [0.1, 0.15) is 0 Å². The molecule has 10 aromatic carbocycles. The van der Waals surface area contributed by atoms with E-state index in [9.17, 15) is 0 Å². The standard InChI is InChI=1S/C56H39N/c1-4-16-40(17-5-1)41-30-32-46(33-31-41)57(47-34-36-51(42-18-6-2-7-19-42)55(38-47)53-28-14-24-44-22-10-12-26-49(44)53)48-35-37-52(43-20-8-3-9-21-43)56(39-48)54-29-15-25-45-23-11-13-27-50(45)54/h1-39H. The third-order valence-corrected chi connectivity index (χ3v) is 11.1. The molecule has 0 amide bonds. The SMILES string of the molecule is c1ccc(-c2ccc(N(c3ccc(-c4ccccc4)c(-c4cccc5ccccc45)c3)c3ccc(-c4ccccc4)c(-c4cccc5ccccc45)c3)cc2)cc1. The van der Waals surface area contributed by atoms with E-state index in [0.717, 1.165) is 17.1 Å². The van der Waals surface area contributed by atoms with Gasteiger partial charge in [-0.3, -0.25) is 0 Å². The summed E-state index contributed by atoms with van der Waals surface area (Å²) in [4.78, 5) is 2.42. The summed E-state index contributed by atoms with van der Waals surface area (Å²) in [6.07, 6.45) is 0. The molecule has 0 aromatic heterocycles. The summed E-state index contributed by atoms with van der Waals surface area (Å²) in [5.41, 5.74) is 15.2. The van der Waals surface area contributed by atoms with Gasteiger partial charge in [0.1, 0.15) is 0 Å². The molecule has 0 aliphatic heterocycles. The monoisotopic (exact) mass is 725 g/mol. The van der Waals surface area contributed by atoms with Gasteiger partial charge >= 0.3 is 0 Å². The molecule has 57 heavy (non-hydrogen) atoms. The summed E-state index contributed by atoms with van der Waals surface area (Å²) in [7, 11) is 0. The molecule has 1 heteroatoms. The fourth-order valence-electron chi connectivity index (χ4n) is 8.33. The molecule has 0 saturated carbocycles. The third-order valence-electron chi connectivity index (χ3n) is 11.1. The van der Waals surface area contributed by atoms with Gasteiger partial charge in [-0.1, -0.05) is 200 Å². The van der Waals surface area contributed by atoms with Crippen molar-refractivity contribution in [3.63, 3.8) is 0 Å². The lowest BCUT2D eigenvalue weighted by atomic mass is 9.90. The zero-order valence-corrected chi connectivity index (χ0v) is 31.5. The Balaban J connectivity index is 1.22. The zero-order valence-electron chi connectivity index (χ0n) is 31.5. The molecule has 0 N–H and O–H groups in total. The van der Waals surface area contributed by atoms with Gasteiger partial charge in [-0.15, -0.1) is 0 Å². The zero-order chi connectivity index (χ0) is 38.0. The van der Waals surface area contributed by atoms with Gasteiger partial charge in [-0.05, 0) is 114 Å². The third kappa shape index (κ3) is 6.56. The lowest BCUT2D eigenvalue weighted by Crippen LogP contribution is -2.10. The predicted molar refractivity (Wildman–Crippen MR) is 243 cm³/mol. The second kappa shape index (κ2) is 15.0. The van der Waals surface area contributed by atoms with E-state index >= 15 is 0 Å². The van der Waals surface area contributed by atoms with Crippen LogP contribution < -0.4 is 4.90 Å². The van der Waals surface area contributed by atoms with E-state index in [1.165, 1.54) is 77.2 Å². The van der Waals surface area contributed by atoms with Crippen LogP contribution in [0.15, 0.2) is 237 Å². The Bertz CT molecular complexity index is 2810. The summed E-state index contributed by atoms with van der Waals surface area (Å²) >= 11 is 0. The fourth-order valence-corrected chi connectivity index (χ4v) is 8.33. The fraction of sp³-hybridized carbons (Fsp3) is 0. The molecule has 0 unspecified atom stereocenters. The number of rotatable bonds is 8. The molecule has 0 bridgehead atoms. The molecule has 0 fully saturated rings. The minimum atomic E-state index is 1.08. The van der Waals surface area contributed by atoms with Gasteiger partial charge in [0.05, 0.1) is 0 Å². The quantitative estimate of drug-likeness (QED) is 0.151. The van der Waals surface area contributed by atoms with Crippen molar-refractivity contribution in [3.05, 3.63) is 237 Å². The molecule has 0 aliphatic rings. The van der Waals surface area contributed by atoms with Crippen LogP contribution in [-0.2, 0) is 0 Å². The van der Waals surface area contributed by atoms with E-state index in [1.54, 1.807) is 0 Å². The van der Waals surface area contributed by atoms with E-state index in [2.05, 4.69) is 241 Å². The minimum Gasteiger partial charge on any atom is -0.310 e. The van der Waals surface area contributed by atoms with Gasteiger partial charge in [-0.25, -0.2) is 0 Å². The molecule has 0 heterocycles. The van der Waals surface area contributed by atoms with Crippen LogP contribution >= 0.6 is 0 Å². The first-order valence-electron chi connectivity index (χ1n) is 19.6. The van der Waals surface area contributed by atoms with Crippen molar-refractivity contribution >= 4 is 38.6 Å². The summed E-state index contributed by atoms with van der Waals surface area (Å²) in [6.45, 7) is 0. The Morgan fingerprint density at radius 2 is 0.579 bits per heavy atom. The summed E-state index contributed by atoms with van der Waals surface area (Å²) < 4.78 is 0. The van der Waals surface area contributed by atoms with Gasteiger partial charge in [0.25, 0.3) is 0 Å². The lowest BCUT2D eigenvalue weighted by molar-refractivity contribution is 1.28. The Morgan fingerprint density at radius 3 is 1.05 bits per heavy atom. The Kier molecular flexibility index (Phi) is 8.95. The van der Waals surface area contributed by atoms with E-state index < -0.39 is 0 Å². The van der Waals surface area contributed by atoms with Crippen molar-refractivity contribution < 1.29 is 0 Å². The second-order valence-electron chi connectivity index (χ2n) is 14.5. The van der Waals surface area contributed by atoms with Crippen molar-refractivity contribution in [3.8, 4) is 55.6 Å². The second-order valence-corrected chi connectivity index (χ2v) is 14.5. The molecule has 10 rings (SSSR count).